The summed E-state index contributed by atoms with van der Waals surface area (Å²) in [6, 6.07) is 24.3. The van der Waals surface area contributed by atoms with Gasteiger partial charge >= 0.3 is 5.97 Å². The van der Waals surface area contributed by atoms with Crippen LogP contribution in [0.25, 0.3) is 0 Å². The van der Waals surface area contributed by atoms with Gasteiger partial charge in [0.15, 0.2) is 35.4 Å². The van der Waals surface area contributed by atoms with Gasteiger partial charge in [-0.05, 0) is 49.1 Å². The summed E-state index contributed by atoms with van der Waals surface area (Å²) < 4.78 is 17.4. The molecule has 0 aliphatic heterocycles. The predicted molar refractivity (Wildman–Crippen MR) is 176 cm³/mol. The highest BCUT2D eigenvalue weighted by atomic mass is 35.5. The van der Waals surface area contributed by atoms with Gasteiger partial charge in [0.1, 0.15) is 13.2 Å². The highest BCUT2D eigenvalue weighted by Gasteiger charge is 2.25. The molecule has 1 aliphatic rings. The number of benzene rings is 4. The second-order valence-electron chi connectivity index (χ2n) is 10.8. The summed E-state index contributed by atoms with van der Waals surface area (Å²) in [6.45, 7) is 0.924. The van der Waals surface area contributed by atoms with Crippen molar-refractivity contribution >= 4 is 35.5 Å². The molecule has 0 amide bonds. The zero-order valence-corrected chi connectivity index (χ0v) is 26.6. The maximum absolute atomic E-state index is 11.3. The van der Waals surface area contributed by atoms with Crippen LogP contribution in [0.5, 0.6) is 23.0 Å². The first-order valence-corrected chi connectivity index (χ1v) is 15.7. The zero-order valence-electron chi connectivity index (χ0n) is 25.1. The number of carboxylic acid groups (broad SMARTS) is 1. The predicted octanol–water partition coefficient (Wildman–Crippen LogP) is 8.43. The Morgan fingerprint density at radius 2 is 1.35 bits per heavy atom. The number of halogens is 2. The molecule has 1 atom stereocenters. The molecule has 1 fully saturated rings. The lowest BCUT2D eigenvalue weighted by Crippen LogP contribution is -2.18. The van der Waals surface area contributed by atoms with Crippen LogP contribution in [0.3, 0.4) is 0 Å². The second-order valence-corrected chi connectivity index (χ2v) is 11.6. The van der Waals surface area contributed by atoms with Gasteiger partial charge in [0.25, 0.3) is 0 Å². The lowest BCUT2D eigenvalue weighted by molar-refractivity contribution is -0.147. The number of rotatable bonds is 12. The lowest BCUT2D eigenvalue weighted by Gasteiger charge is -2.24. The Morgan fingerprint density at radius 1 is 0.783 bits per heavy atom. The maximum atomic E-state index is 11.3. The molecule has 0 aromatic heterocycles. The van der Waals surface area contributed by atoms with Gasteiger partial charge in [0.05, 0.1) is 12.2 Å². The topological polar surface area (TPSA) is 123 Å². The molecule has 1 unspecified atom stereocenters. The molecule has 5 rings (SSSR count). The SMILES string of the molecule is O=C(O)C(O)c1cccc(OCc2ccccc2Cl)c1OCC1CCCCC1.O=Cc1cccc(OCc2ccccc2Cl)c1O. The summed E-state index contributed by atoms with van der Waals surface area (Å²) in [5.74, 6) is -0.103. The number of phenolic OH excluding ortho intramolecular Hbond substituents is 1. The molecule has 46 heavy (non-hydrogen) atoms. The molecule has 0 bridgehead atoms. The number of aliphatic hydroxyl groups excluding tert-OH is 1. The van der Waals surface area contributed by atoms with Gasteiger partial charge in [-0.2, -0.15) is 0 Å². The fraction of sp³-hybridized carbons (Fsp3) is 0.278. The number of hydrogen-bond acceptors (Lipinski definition) is 7. The number of para-hydroxylation sites is 2. The van der Waals surface area contributed by atoms with Crippen molar-refractivity contribution in [1.29, 1.82) is 0 Å². The highest BCUT2D eigenvalue weighted by molar-refractivity contribution is 6.31. The Kier molecular flexibility index (Phi) is 13.1. The first-order chi connectivity index (χ1) is 22.3. The number of carboxylic acids is 1. The van der Waals surface area contributed by atoms with Crippen LogP contribution in [0.4, 0.5) is 0 Å². The molecule has 1 aliphatic carbocycles. The average molecular weight is 668 g/mol. The van der Waals surface area contributed by atoms with Gasteiger partial charge in [-0.1, -0.05) is 97.1 Å². The summed E-state index contributed by atoms with van der Waals surface area (Å²) in [5, 5.41) is 30.3. The van der Waals surface area contributed by atoms with Crippen molar-refractivity contribution in [2.45, 2.75) is 51.4 Å². The fourth-order valence-corrected chi connectivity index (χ4v) is 5.38. The van der Waals surface area contributed by atoms with Crippen LogP contribution in [-0.4, -0.2) is 34.2 Å². The van der Waals surface area contributed by atoms with E-state index in [9.17, 15) is 24.9 Å². The van der Waals surface area contributed by atoms with Crippen LogP contribution >= 0.6 is 23.2 Å². The molecule has 0 spiro atoms. The molecule has 0 radical (unpaired) electrons. The molecule has 3 N–H and O–H groups in total. The number of phenols is 1. The van der Waals surface area contributed by atoms with E-state index in [1.807, 2.05) is 36.4 Å². The molecule has 0 saturated heterocycles. The number of hydrogen-bond donors (Lipinski definition) is 3. The highest BCUT2D eigenvalue weighted by Crippen LogP contribution is 2.37. The van der Waals surface area contributed by atoms with Crippen molar-refractivity contribution in [2.24, 2.45) is 5.92 Å². The van der Waals surface area contributed by atoms with E-state index in [1.165, 1.54) is 25.3 Å². The van der Waals surface area contributed by atoms with Crippen molar-refractivity contribution in [3.05, 3.63) is 117 Å². The normalized spacial score (nSPS) is 13.5. The number of aromatic hydroxyl groups is 1. The molecular weight excluding hydrogens is 631 g/mol. The fourth-order valence-electron chi connectivity index (χ4n) is 5.00. The van der Waals surface area contributed by atoms with Gasteiger partial charge in [0, 0.05) is 26.7 Å². The smallest absolute Gasteiger partial charge is 0.337 e. The van der Waals surface area contributed by atoms with E-state index in [-0.39, 0.29) is 41.6 Å². The van der Waals surface area contributed by atoms with Crippen LogP contribution in [0, 0.1) is 5.92 Å². The van der Waals surface area contributed by atoms with Gasteiger partial charge in [0.2, 0.25) is 0 Å². The molecule has 242 valence electrons. The van der Waals surface area contributed by atoms with Gasteiger partial charge in [-0.15, -0.1) is 0 Å². The Balaban J connectivity index is 0.000000230. The first kappa shape index (κ1) is 34.6. The lowest BCUT2D eigenvalue weighted by atomic mass is 9.90. The van der Waals surface area contributed by atoms with Crippen LogP contribution in [0.15, 0.2) is 84.9 Å². The quantitative estimate of drug-likeness (QED) is 0.129. The summed E-state index contributed by atoms with van der Waals surface area (Å²) >= 11 is 12.2. The minimum atomic E-state index is -1.68. The number of carbonyl (C=O) groups is 2. The maximum Gasteiger partial charge on any atom is 0.337 e. The summed E-state index contributed by atoms with van der Waals surface area (Å²) in [5.41, 5.74) is 2.02. The van der Waals surface area contributed by atoms with Gasteiger partial charge in [-0.25, -0.2) is 4.79 Å². The molecule has 1 saturated carbocycles. The van der Waals surface area contributed by atoms with Gasteiger partial charge in [-0.3, -0.25) is 4.79 Å². The summed E-state index contributed by atoms with van der Waals surface area (Å²) in [7, 11) is 0. The largest absolute Gasteiger partial charge is 0.504 e. The van der Waals surface area contributed by atoms with Crippen LogP contribution < -0.4 is 14.2 Å². The van der Waals surface area contributed by atoms with E-state index in [2.05, 4.69) is 0 Å². The number of ether oxygens (including phenoxy) is 3. The van der Waals surface area contributed by atoms with E-state index < -0.39 is 12.1 Å². The Labute approximate surface area is 278 Å². The van der Waals surface area contributed by atoms with Crippen molar-refractivity contribution in [3.8, 4) is 23.0 Å². The Bertz CT molecular complexity index is 1600. The number of aldehydes is 1. The van der Waals surface area contributed by atoms with E-state index in [4.69, 9.17) is 37.4 Å². The first-order valence-electron chi connectivity index (χ1n) is 14.9. The third-order valence-corrected chi connectivity index (χ3v) is 8.30. The van der Waals surface area contributed by atoms with Crippen molar-refractivity contribution in [1.82, 2.24) is 0 Å². The number of aliphatic hydroxyl groups is 1. The van der Waals surface area contributed by atoms with Crippen LogP contribution in [0.1, 0.15) is 65.3 Å². The van der Waals surface area contributed by atoms with Crippen molar-refractivity contribution in [3.63, 3.8) is 0 Å². The summed E-state index contributed by atoms with van der Waals surface area (Å²) in [6.07, 6.45) is 4.71. The zero-order chi connectivity index (χ0) is 32.9. The van der Waals surface area contributed by atoms with Crippen LogP contribution in [0.2, 0.25) is 10.0 Å². The molecule has 10 heteroatoms. The second kappa shape index (κ2) is 17.5. The molecule has 4 aromatic carbocycles. The van der Waals surface area contributed by atoms with E-state index in [0.29, 0.717) is 34.6 Å². The van der Waals surface area contributed by atoms with Crippen molar-refractivity contribution < 1.29 is 39.1 Å². The van der Waals surface area contributed by atoms with Gasteiger partial charge < -0.3 is 29.5 Å². The van der Waals surface area contributed by atoms with E-state index in [0.717, 1.165) is 24.0 Å². The van der Waals surface area contributed by atoms with Crippen LogP contribution in [-0.2, 0) is 18.0 Å². The average Bonchev–Trinajstić information content (AvgIpc) is 3.07. The minimum absolute atomic E-state index is 0.153. The third kappa shape index (κ3) is 9.63. The number of carbonyl (C=O) groups excluding carboxylic acids is 1. The summed E-state index contributed by atoms with van der Waals surface area (Å²) in [4.78, 5) is 22.0. The molecular formula is C36H36Cl2O8. The molecule has 8 nitrogen and oxygen atoms in total. The Hall–Kier alpha value is -4.24. The third-order valence-electron chi connectivity index (χ3n) is 7.57. The molecule has 4 aromatic rings. The van der Waals surface area contributed by atoms with E-state index >= 15 is 0 Å². The Morgan fingerprint density at radius 3 is 1.93 bits per heavy atom. The minimum Gasteiger partial charge on any atom is -0.504 e. The molecule has 0 heterocycles. The van der Waals surface area contributed by atoms with Crippen molar-refractivity contribution in [2.75, 3.05) is 6.61 Å². The van der Waals surface area contributed by atoms with E-state index in [1.54, 1.807) is 42.5 Å². The number of aliphatic carboxylic acids is 1. The monoisotopic (exact) mass is 666 g/mol. The standard InChI is InChI=1S/C22H25ClO5.C14H11ClO3/c23-18-11-5-4-9-16(18)14-27-19-12-6-10-17(20(24)22(25)26)21(19)28-13-15-7-2-1-3-8-15;15-12-6-2-1-4-11(12)9-18-13-7-3-5-10(8-16)14(13)17/h4-6,9-12,15,20,24H,1-3,7-8,13-14H2,(H,25,26);1-8,17H,9H2.